The third-order valence-electron chi connectivity index (χ3n) is 2.45. The lowest BCUT2D eigenvalue weighted by atomic mass is 10.2. The van der Waals surface area contributed by atoms with Crippen molar-refractivity contribution in [1.82, 2.24) is 9.97 Å². The molecule has 20 heavy (non-hydrogen) atoms. The van der Waals surface area contributed by atoms with Gasteiger partial charge in [-0.3, -0.25) is 10.1 Å². The van der Waals surface area contributed by atoms with Crippen molar-refractivity contribution in [2.24, 2.45) is 0 Å². The van der Waals surface area contributed by atoms with E-state index < -0.39 is 4.92 Å². The number of nitro benzene ring substituents is 1. The molecule has 0 N–H and O–H groups in total. The smallest absolute Gasteiger partial charge is 0.311 e. The van der Waals surface area contributed by atoms with E-state index in [4.69, 9.17) is 21.1 Å². The fourth-order valence-corrected chi connectivity index (χ4v) is 1.74. The number of methoxy groups -OCH3 is 1. The van der Waals surface area contributed by atoms with Crippen molar-refractivity contribution in [3.8, 4) is 17.4 Å². The number of aryl methyl sites for hydroxylation is 1. The number of halogens is 1. The lowest BCUT2D eigenvalue weighted by Crippen LogP contribution is -1.98. The Balaban J connectivity index is 2.47. The molecule has 0 amide bonds. The Kier molecular flexibility index (Phi) is 3.99. The second-order valence-electron chi connectivity index (χ2n) is 3.83. The molecule has 8 heteroatoms. The molecule has 104 valence electrons. The number of hydrogen-bond acceptors (Lipinski definition) is 6. The van der Waals surface area contributed by atoms with Crippen LogP contribution in [0.25, 0.3) is 0 Å². The van der Waals surface area contributed by atoms with Crippen LogP contribution in [0.3, 0.4) is 0 Å². The third-order valence-corrected chi connectivity index (χ3v) is 2.72. The number of benzene rings is 1. The van der Waals surface area contributed by atoms with Crippen LogP contribution >= 0.6 is 11.6 Å². The molecule has 2 rings (SSSR count). The largest absolute Gasteiger partial charge is 0.489 e. The van der Waals surface area contributed by atoms with Gasteiger partial charge in [-0.05, 0) is 18.6 Å². The van der Waals surface area contributed by atoms with E-state index in [-0.39, 0.29) is 28.2 Å². The number of rotatable bonds is 4. The first-order chi connectivity index (χ1) is 9.52. The molecule has 0 bridgehead atoms. The minimum atomic E-state index is -0.538. The van der Waals surface area contributed by atoms with Crippen molar-refractivity contribution < 1.29 is 14.4 Å². The van der Waals surface area contributed by atoms with Crippen molar-refractivity contribution in [3.05, 3.63) is 45.4 Å². The highest BCUT2D eigenvalue weighted by Crippen LogP contribution is 2.37. The monoisotopic (exact) mass is 295 g/mol. The van der Waals surface area contributed by atoms with Crippen molar-refractivity contribution >= 4 is 17.3 Å². The molecular weight excluding hydrogens is 286 g/mol. The predicted octanol–water partition coefficient (Wildman–Crippen LogP) is 3.15. The Morgan fingerprint density at radius 3 is 2.75 bits per heavy atom. The molecule has 7 nitrogen and oxygen atoms in total. The van der Waals surface area contributed by atoms with Crippen LogP contribution in [0.1, 0.15) is 5.56 Å². The average Bonchev–Trinajstić information content (AvgIpc) is 2.38. The van der Waals surface area contributed by atoms with E-state index in [0.717, 1.165) is 5.56 Å². The topological polar surface area (TPSA) is 87.4 Å². The molecule has 2 aromatic rings. The normalized spacial score (nSPS) is 10.2. The van der Waals surface area contributed by atoms with E-state index >= 15 is 0 Å². The summed E-state index contributed by atoms with van der Waals surface area (Å²) in [5.74, 6) is 0.189. The molecule has 0 fully saturated rings. The van der Waals surface area contributed by atoms with Gasteiger partial charge in [0.25, 0.3) is 5.88 Å². The van der Waals surface area contributed by atoms with Crippen LogP contribution in [0.15, 0.2) is 24.5 Å². The van der Waals surface area contributed by atoms with Gasteiger partial charge in [0.2, 0.25) is 11.5 Å². The van der Waals surface area contributed by atoms with Gasteiger partial charge in [0.1, 0.15) is 6.33 Å². The second-order valence-corrected chi connectivity index (χ2v) is 4.19. The maximum atomic E-state index is 11.0. The first-order valence-corrected chi connectivity index (χ1v) is 5.88. The first-order valence-electron chi connectivity index (χ1n) is 5.50. The van der Waals surface area contributed by atoms with Gasteiger partial charge in [-0.15, -0.1) is 0 Å². The van der Waals surface area contributed by atoms with Gasteiger partial charge in [-0.1, -0.05) is 17.7 Å². The number of nitro groups is 1. The summed E-state index contributed by atoms with van der Waals surface area (Å²) in [6, 6.07) is 4.52. The molecule has 1 heterocycles. The summed E-state index contributed by atoms with van der Waals surface area (Å²) < 4.78 is 10.5. The van der Waals surface area contributed by atoms with Crippen LogP contribution in [0.2, 0.25) is 5.15 Å². The molecule has 0 saturated carbocycles. The molecule has 1 aromatic heterocycles. The predicted molar refractivity (Wildman–Crippen MR) is 71.5 cm³/mol. The van der Waals surface area contributed by atoms with Crippen LogP contribution in [-0.4, -0.2) is 22.0 Å². The lowest BCUT2D eigenvalue weighted by Gasteiger charge is -2.10. The summed E-state index contributed by atoms with van der Waals surface area (Å²) in [6.07, 6.45) is 1.18. The Bertz CT molecular complexity index is 663. The van der Waals surface area contributed by atoms with Crippen molar-refractivity contribution in [2.75, 3.05) is 7.11 Å². The van der Waals surface area contributed by atoms with E-state index in [9.17, 15) is 10.1 Å². The van der Waals surface area contributed by atoms with E-state index in [1.165, 1.54) is 25.6 Å². The Morgan fingerprint density at radius 2 is 2.10 bits per heavy atom. The molecule has 0 saturated heterocycles. The van der Waals surface area contributed by atoms with Gasteiger partial charge in [0, 0.05) is 6.07 Å². The zero-order valence-electron chi connectivity index (χ0n) is 10.7. The van der Waals surface area contributed by atoms with Crippen LogP contribution < -0.4 is 9.47 Å². The summed E-state index contributed by atoms with van der Waals surface area (Å²) in [4.78, 5) is 18.1. The van der Waals surface area contributed by atoms with Crippen LogP contribution in [0.4, 0.5) is 5.69 Å². The molecule has 0 radical (unpaired) electrons. The van der Waals surface area contributed by atoms with Crippen molar-refractivity contribution in [1.29, 1.82) is 0 Å². The van der Waals surface area contributed by atoms with Gasteiger partial charge in [0.15, 0.2) is 5.15 Å². The van der Waals surface area contributed by atoms with Gasteiger partial charge < -0.3 is 9.47 Å². The minimum absolute atomic E-state index is 0.0150. The Labute approximate surface area is 119 Å². The summed E-state index contributed by atoms with van der Waals surface area (Å²) in [5, 5.41) is 11.0. The number of nitrogens with zero attached hydrogens (tertiary/aromatic N) is 3. The van der Waals surface area contributed by atoms with E-state index in [2.05, 4.69) is 9.97 Å². The molecule has 0 spiro atoms. The van der Waals surface area contributed by atoms with Crippen LogP contribution in [0.5, 0.6) is 17.4 Å². The lowest BCUT2D eigenvalue weighted by molar-refractivity contribution is -0.385. The molecule has 0 unspecified atom stereocenters. The van der Waals surface area contributed by atoms with Crippen molar-refractivity contribution in [2.45, 2.75) is 6.92 Å². The van der Waals surface area contributed by atoms with E-state index in [0.29, 0.717) is 0 Å². The SMILES string of the molecule is COc1c(Cl)ncnc1Oc1cc(C)ccc1[N+](=O)[O-]. The standard InChI is InChI=1S/C12H10ClN3O4/c1-7-3-4-8(16(17)18)9(5-7)20-12-10(19-2)11(13)14-6-15-12/h3-6H,1-2H3. The van der Waals surface area contributed by atoms with Gasteiger partial charge in [0.05, 0.1) is 12.0 Å². The zero-order chi connectivity index (χ0) is 14.7. The third kappa shape index (κ3) is 2.77. The minimum Gasteiger partial charge on any atom is -0.489 e. The van der Waals surface area contributed by atoms with Crippen LogP contribution in [0, 0.1) is 17.0 Å². The second kappa shape index (κ2) is 5.70. The molecule has 0 aliphatic rings. The highest BCUT2D eigenvalue weighted by atomic mass is 35.5. The maximum absolute atomic E-state index is 11.0. The van der Waals surface area contributed by atoms with Gasteiger partial charge >= 0.3 is 5.69 Å². The number of aromatic nitrogens is 2. The first kappa shape index (κ1) is 14.0. The molecule has 0 atom stereocenters. The molecule has 0 aliphatic heterocycles. The summed E-state index contributed by atoms with van der Waals surface area (Å²) in [7, 11) is 1.38. The molecular formula is C12H10ClN3O4. The van der Waals surface area contributed by atoms with Gasteiger partial charge in [-0.25, -0.2) is 4.98 Å². The quantitative estimate of drug-likeness (QED) is 0.489. The molecule has 1 aromatic carbocycles. The Morgan fingerprint density at radius 1 is 1.35 bits per heavy atom. The molecule has 0 aliphatic carbocycles. The van der Waals surface area contributed by atoms with Crippen molar-refractivity contribution in [3.63, 3.8) is 0 Å². The van der Waals surface area contributed by atoms with E-state index in [1.54, 1.807) is 13.0 Å². The number of hydrogen-bond donors (Lipinski definition) is 0. The fourth-order valence-electron chi connectivity index (χ4n) is 1.54. The zero-order valence-corrected chi connectivity index (χ0v) is 11.4. The van der Waals surface area contributed by atoms with Gasteiger partial charge in [-0.2, -0.15) is 4.98 Å². The van der Waals surface area contributed by atoms with E-state index in [1.807, 2.05) is 0 Å². The van der Waals surface area contributed by atoms with Crippen LogP contribution in [-0.2, 0) is 0 Å². The highest BCUT2D eigenvalue weighted by Gasteiger charge is 2.19. The fraction of sp³-hybridized carbons (Fsp3) is 0.167. The summed E-state index contributed by atoms with van der Waals surface area (Å²) in [6.45, 7) is 1.79. The maximum Gasteiger partial charge on any atom is 0.311 e. The highest BCUT2D eigenvalue weighted by molar-refractivity contribution is 6.31. The summed E-state index contributed by atoms with van der Waals surface area (Å²) >= 11 is 5.84. The summed E-state index contributed by atoms with van der Waals surface area (Å²) in [5.41, 5.74) is 0.636. The number of ether oxygens (including phenoxy) is 2. The Hall–Kier alpha value is -2.41. The average molecular weight is 296 g/mol.